The smallest absolute Gasteiger partial charge is 0.130 e. The largest absolute Gasteiger partial charge is 0.496 e. The molecule has 1 aliphatic rings. The Hall–Kier alpha value is -2.51. The quantitative estimate of drug-likeness (QED) is 0.631. The minimum atomic E-state index is 0.736. The van der Waals surface area contributed by atoms with E-state index >= 15 is 0 Å². The highest BCUT2D eigenvalue weighted by molar-refractivity contribution is 7.17. The SMILES string of the molecule is COc1cc(OC)c(CN2CCN(c3cccc4ncsc34)CC2)c(OC)c1. The van der Waals surface area contributed by atoms with Crippen LogP contribution in [0.15, 0.2) is 35.8 Å². The van der Waals surface area contributed by atoms with Gasteiger partial charge in [0, 0.05) is 44.9 Å². The average Bonchev–Trinajstić information content (AvgIpc) is 3.23. The van der Waals surface area contributed by atoms with Gasteiger partial charge in [0.1, 0.15) is 17.2 Å². The van der Waals surface area contributed by atoms with Gasteiger partial charge in [0.2, 0.25) is 0 Å². The Morgan fingerprint density at radius 3 is 2.32 bits per heavy atom. The standard InChI is InChI=1S/C21H25N3O3S/c1-25-15-11-19(26-2)16(20(12-15)27-3)13-23-7-9-24(10-8-23)18-6-4-5-17-21(18)28-14-22-17/h4-6,11-12,14H,7-10,13H2,1-3H3. The molecule has 0 saturated carbocycles. The molecule has 0 atom stereocenters. The van der Waals surface area contributed by atoms with Gasteiger partial charge in [-0.3, -0.25) is 4.90 Å². The highest BCUT2D eigenvalue weighted by Gasteiger charge is 2.22. The lowest BCUT2D eigenvalue weighted by Crippen LogP contribution is -2.46. The zero-order valence-corrected chi connectivity index (χ0v) is 17.3. The summed E-state index contributed by atoms with van der Waals surface area (Å²) in [6.45, 7) is 4.71. The van der Waals surface area contributed by atoms with E-state index in [-0.39, 0.29) is 0 Å². The van der Waals surface area contributed by atoms with Crippen LogP contribution in [-0.4, -0.2) is 57.4 Å². The van der Waals surface area contributed by atoms with Crippen molar-refractivity contribution in [3.8, 4) is 17.2 Å². The van der Waals surface area contributed by atoms with Gasteiger partial charge in [-0.2, -0.15) is 0 Å². The normalized spacial score (nSPS) is 15.0. The summed E-state index contributed by atoms with van der Waals surface area (Å²) in [4.78, 5) is 9.34. The zero-order valence-electron chi connectivity index (χ0n) is 16.5. The number of fused-ring (bicyclic) bond motifs is 1. The summed E-state index contributed by atoms with van der Waals surface area (Å²) in [6.07, 6.45) is 0. The van der Waals surface area contributed by atoms with Crippen LogP contribution in [0, 0.1) is 0 Å². The first-order valence-corrected chi connectivity index (χ1v) is 10.2. The molecule has 3 aromatic rings. The highest BCUT2D eigenvalue weighted by Crippen LogP contribution is 2.35. The number of hydrogen-bond donors (Lipinski definition) is 0. The van der Waals surface area contributed by atoms with Crippen molar-refractivity contribution in [1.82, 2.24) is 9.88 Å². The molecular weight excluding hydrogens is 374 g/mol. The Morgan fingerprint density at radius 1 is 0.964 bits per heavy atom. The molecule has 0 N–H and O–H groups in total. The number of aromatic nitrogens is 1. The number of methoxy groups -OCH3 is 3. The summed E-state index contributed by atoms with van der Waals surface area (Å²) in [5.74, 6) is 2.33. The molecule has 2 aromatic carbocycles. The Balaban J connectivity index is 1.48. The van der Waals surface area contributed by atoms with E-state index in [0.29, 0.717) is 0 Å². The number of thiazole rings is 1. The fourth-order valence-electron chi connectivity index (χ4n) is 3.72. The van der Waals surface area contributed by atoms with Crippen molar-refractivity contribution in [3.05, 3.63) is 41.4 Å². The Morgan fingerprint density at radius 2 is 1.68 bits per heavy atom. The summed E-state index contributed by atoms with van der Waals surface area (Å²) in [7, 11) is 5.02. The third kappa shape index (κ3) is 3.59. The zero-order chi connectivity index (χ0) is 19.5. The van der Waals surface area contributed by atoms with Gasteiger partial charge < -0.3 is 19.1 Å². The van der Waals surface area contributed by atoms with Crippen LogP contribution in [0.1, 0.15) is 5.56 Å². The van der Waals surface area contributed by atoms with Gasteiger partial charge in [0.05, 0.1) is 48.3 Å². The van der Waals surface area contributed by atoms with E-state index in [9.17, 15) is 0 Å². The fourth-order valence-corrected chi connectivity index (χ4v) is 4.56. The molecule has 7 heteroatoms. The van der Waals surface area contributed by atoms with Crippen LogP contribution in [0.4, 0.5) is 5.69 Å². The first-order valence-electron chi connectivity index (χ1n) is 9.32. The van der Waals surface area contributed by atoms with Gasteiger partial charge >= 0.3 is 0 Å². The van der Waals surface area contributed by atoms with E-state index in [1.807, 2.05) is 17.6 Å². The molecule has 0 amide bonds. The predicted octanol–water partition coefficient (Wildman–Crippen LogP) is 3.64. The molecule has 28 heavy (non-hydrogen) atoms. The third-order valence-corrected chi connectivity index (χ3v) is 6.11. The van der Waals surface area contributed by atoms with Crippen LogP contribution in [0.3, 0.4) is 0 Å². The van der Waals surface area contributed by atoms with Crippen molar-refractivity contribution in [1.29, 1.82) is 0 Å². The Labute approximate surface area is 169 Å². The van der Waals surface area contributed by atoms with Crippen molar-refractivity contribution in [2.24, 2.45) is 0 Å². The molecule has 0 bridgehead atoms. The van der Waals surface area contributed by atoms with Crippen molar-refractivity contribution in [2.45, 2.75) is 6.54 Å². The topological polar surface area (TPSA) is 47.1 Å². The molecule has 1 saturated heterocycles. The molecular formula is C21H25N3O3S. The van der Waals surface area contributed by atoms with Crippen LogP contribution in [0.2, 0.25) is 0 Å². The second-order valence-electron chi connectivity index (χ2n) is 6.75. The summed E-state index contributed by atoms with van der Waals surface area (Å²) in [6, 6.07) is 10.2. The Kier molecular flexibility index (Phi) is 5.54. The van der Waals surface area contributed by atoms with Crippen molar-refractivity contribution in [2.75, 3.05) is 52.4 Å². The van der Waals surface area contributed by atoms with Crippen LogP contribution < -0.4 is 19.1 Å². The third-order valence-electron chi connectivity index (χ3n) is 5.25. The lowest BCUT2D eigenvalue weighted by molar-refractivity contribution is 0.241. The lowest BCUT2D eigenvalue weighted by atomic mass is 10.1. The van der Waals surface area contributed by atoms with Crippen molar-refractivity contribution in [3.63, 3.8) is 0 Å². The minimum Gasteiger partial charge on any atom is -0.496 e. The predicted molar refractivity (Wildman–Crippen MR) is 113 cm³/mol. The van der Waals surface area contributed by atoms with E-state index in [2.05, 4.69) is 33.0 Å². The van der Waals surface area contributed by atoms with Crippen LogP contribution in [0.25, 0.3) is 10.2 Å². The maximum absolute atomic E-state index is 5.60. The minimum absolute atomic E-state index is 0.736. The molecule has 1 aliphatic heterocycles. The molecule has 0 radical (unpaired) electrons. The van der Waals surface area contributed by atoms with E-state index in [1.165, 1.54) is 10.4 Å². The number of rotatable bonds is 6. The Bertz CT molecular complexity index is 926. The number of nitrogens with zero attached hydrogens (tertiary/aromatic N) is 3. The van der Waals surface area contributed by atoms with Gasteiger partial charge in [-0.05, 0) is 12.1 Å². The second-order valence-corrected chi connectivity index (χ2v) is 7.61. The van der Waals surface area contributed by atoms with Gasteiger partial charge in [-0.1, -0.05) is 6.07 Å². The van der Waals surface area contributed by atoms with E-state index < -0.39 is 0 Å². The van der Waals surface area contributed by atoms with Gasteiger partial charge in [0.25, 0.3) is 0 Å². The number of hydrogen-bond acceptors (Lipinski definition) is 7. The first-order chi connectivity index (χ1) is 13.7. The molecule has 6 nitrogen and oxygen atoms in total. The summed E-state index contributed by atoms with van der Waals surface area (Å²) in [5.41, 5.74) is 5.35. The first kappa shape index (κ1) is 18.8. The van der Waals surface area contributed by atoms with Crippen molar-refractivity contribution >= 4 is 27.2 Å². The molecule has 0 spiro atoms. The monoisotopic (exact) mass is 399 g/mol. The summed E-state index contributed by atoms with van der Waals surface area (Å²) >= 11 is 1.71. The second kappa shape index (κ2) is 8.24. The number of anilines is 1. The molecule has 1 aromatic heterocycles. The summed E-state index contributed by atoms with van der Waals surface area (Å²) in [5, 5.41) is 0. The molecule has 0 aliphatic carbocycles. The van der Waals surface area contributed by atoms with Gasteiger partial charge in [0.15, 0.2) is 0 Å². The highest BCUT2D eigenvalue weighted by atomic mass is 32.1. The maximum atomic E-state index is 5.60. The van der Waals surface area contributed by atoms with Crippen molar-refractivity contribution < 1.29 is 14.2 Å². The van der Waals surface area contributed by atoms with Crippen LogP contribution in [-0.2, 0) is 6.54 Å². The maximum Gasteiger partial charge on any atom is 0.130 e. The molecule has 4 rings (SSSR count). The molecule has 2 heterocycles. The number of piperazine rings is 1. The fraction of sp³-hybridized carbons (Fsp3) is 0.381. The average molecular weight is 400 g/mol. The molecule has 148 valence electrons. The van der Waals surface area contributed by atoms with E-state index in [0.717, 1.165) is 61.1 Å². The lowest BCUT2D eigenvalue weighted by Gasteiger charge is -2.36. The van der Waals surface area contributed by atoms with Gasteiger partial charge in [-0.15, -0.1) is 11.3 Å². The van der Waals surface area contributed by atoms with E-state index in [1.54, 1.807) is 32.7 Å². The van der Waals surface area contributed by atoms with Crippen LogP contribution >= 0.6 is 11.3 Å². The molecule has 1 fully saturated rings. The summed E-state index contributed by atoms with van der Waals surface area (Å²) < 4.78 is 17.8. The molecule has 0 unspecified atom stereocenters. The van der Waals surface area contributed by atoms with E-state index in [4.69, 9.17) is 14.2 Å². The number of benzene rings is 2. The number of ether oxygens (including phenoxy) is 3. The van der Waals surface area contributed by atoms with Gasteiger partial charge in [-0.25, -0.2) is 4.98 Å². The van der Waals surface area contributed by atoms with Crippen LogP contribution in [0.5, 0.6) is 17.2 Å².